The molecule has 1 N–H and O–H groups in total. The van der Waals surface area contributed by atoms with E-state index in [1.54, 1.807) is 0 Å². The van der Waals surface area contributed by atoms with Crippen LogP contribution in [0.4, 0.5) is 0 Å². The van der Waals surface area contributed by atoms with Gasteiger partial charge in [-0.3, -0.25) is 0 Å². The Labute approximate surface area is 109 Å². The van der Waals surface area contributed by atoms with Gasteiger partial charge in [0.2, 0.25) is 0 Å². The highest BCUT2D eigenvalue weighted by molar-refractivity contribution is 4.68. The number of ether oxygens (including phenoxy) is 1. The molecule has 1 unspecified atom stereocenters. The van der Waals surface area contributed by atoms with E-state index in [1.165, 1.54) is 38.5 Å². The molecule has 0 saturated heterocycles. The lowest BCUT2D eigenvalue weighted by Gasteiger charge is -2.20. The second-order valence-corrected chi connectivity index (χ2v) is 5.39. The second kappa shape index (κ2) is 12.4. The van der Waals surface area contributed by atoms with E-state index >= 15 is 0 Å². The first-order chi connectivity index (χ1) is 8.20. The Morgan fingerprint density at radius 3 is 2.29 bits per heavy atom. The molecule has 1 atom stereocenters. The Hall–Kier alpha value is -0.0800. The van der Waals surface area contributed by atoms with Crippen molar-refractivity contribution in [2.24, 2.45) is 5.92 Å². The first kappa shape index (κ1) is 16.9. The van der Waals surface area contributed by atoms with E-state index in [4.69, 9.17) is 4.74 Å². The van der Waals surface area contributed by atoms with Gasteiger partial charge in [-0.1, -0.05) is 34.1 Å². The molecule has 0 rings (SSSR count). The van der Waals surface area contributed by atoms with Gasteiger partial charge in [0.1, 0.15) is 0 Å². The van der Waals surface area contributed by atoms with E-state index in [0.717, 1.165) is 25.7 Å². The predicted molar refractivity (Wildman–Crippen MR) is 76.5 cm³/mol. The molecular formula is C15H33NO. The summed E-state index contributed by atoms with van der Waals surface area (Å²) in [6.45, 7) is 12.1. The summed E-state index contributed by atoms with van der Waals surface area (Å²) in [4.78, 5) is 0. The molecular weight excluding hydrogens is 210 g/mol. The van der Waals surface area contributed by atoms with Crippen LogP contribution in [0.5, 0.6) is 0 Å². The molecule has 0 fully saturated rings. The second-order valence-electron chi connectivity index (χ2n) is 5.39. The quantitative estimate of drug-likeness (QED) is 0.523. The van der Waals surface area contributed by atoms with Gasteiger partial charge in [0.15, 0.2) is 0 Å². The van der Waals surface area contributed by atoms with E-state index in [-0.39, 0.29) is 0 Å². The van der Waals surface area contributed by atoms with Gasteiger partial charge in [0.25, 0.3) is 0 Å². The van der Waals surface area contributed by atoms with Gasteiger partial charge in [-0.05, 0) is 44.6 Å². The van der Waals surface area contributed by atoms with E-state index in [9.17, 15) is 0 Å². The SMILES string of the molecule is CCCCOCCCC(CC(C)C)NCCC. The Morgan fingerprint density at radius 2 is 1.71 bits per heavy atom. The molecule has 0 aromatic heterocycles. The van der Waals surface area contributed by atoms with Gasteiger partial charge in [0, 0.05) is 19.3 Å². The van der Waals surface area contributed by atoms with Crippen LogP contribution >= 0.6 is 0 Å². The van der Waals surface area contributed by atoms with Crippen LogP contribution in [0.1, 0.15) is 66.2 Å². The van der Waals surface area contributed by atoms with Crippen molar-refractivity contribution < 1.29 is 4.74 Å². The number of hydrogen-bond donors (Lipinski definition) is 1. The third kappa shape index (κ3) is 12.2. The standard InChI is InChI=1S/C15H33NO/c1-5-7-11-17-12-8-9-15(13-14(3)4)16-10-6-2/h14-16H,5-13H2,1-4H3. The highest BCUT2D eigenvalue weighted by Gasteiger charge is 2.09. The fourth-order valence-electron chi connectivity index (χ4n) is 2.00. The lowest BCUT2D eigenvalue weighted by molar-refractivity contribution is 0.124. The summed E-state index contributed by atoms with van der Waals surface area (Å²) < 4.78 is 5.61. The van der Waals surface area contributed by atoms with E-state index in [0.29, 0.717) is 6.04 Å². The zero-order chi connectivity index (χ0) is 12.9. The van der Waals surface area contributed by atoms with Crippen LogP contribution in [0.25, 0.3) is 0 Å². The Balaban J connectivity index is 3.53. The average molecular weight is 243 g/mol. The number of unbranched alkanes of at least 4 members (excludes halogenated alkanes) is 1. The van der Waals surface area contributed by atoms with Crippen LogP contribution in [0, 0.1) is 5.92 Å². The summed E-state index contributed by atoms with van der Waals surface area (Å²) in [7, 11) is 0. The first-order valence-electron chi connectivity index (χ1n) is 7.51. The fourth-order valence-corrected chi connectivity index (χ4v) is 2.00. The monoisotopic (exact) mass is 243 g/mol. The topological polar surface area (TPSA) is 21.3 Å². The Morgan fingerprint density at radius 1 is 1.00 bits per heavy atom. The number of hydrogen-bond acceptors (Lipinski definition) is 2. The Bertz CT molecular complexity index is 148. The molecule has 0 amide bonds. The van der Waals surface area contributed by atoms with Crippen molar-refractivity contribution in [2.75, 3.05) is 19.8 Å². The maximum Gasteiger partial charge on any atom is 0.0466 e. The maximum atomic E-state index is 5.61. The van der Waals surface area contributed by atoms with Crippen molar-refractivity contribution in [3.63, 3.8) is 0 Å². The molecule has 0 saturated carbocycles. The average Bonchev–Trinajstić information content (AvgIpc) is 2.29. The molecule has 0 aliphatic carbocycles. The summed E-state index contributed by atoms with van der Waals surface area (Å²) in [5.74, 6) is 0.783. The number of rotatable bonds is 12. The van der Waals surface area contributed by atoms with Gasteiger partial charge >= 0.3 is 0 Å². The minimum atomic E-state index is 0.685. The van der Waals surface area contributed by atoms with E-state index in [2.05, 4.69) is 33.0 Å². The first-order valence-corrected chi connectivity index (χ1v) is 7.51. The maximum absolute atomic E-state index is 5.61. The highest BCUT2D eigenvalue weighted by atomic mass is 16.5. The van der Waals surface area contributed by atoms with Crippen molar-refractivity contribution in [3.05, 3.63) is 0 Å². The zero-order valence-corrected chi connectivity index (χ0v) is 12.4. The molecule has 0 bridgehead atoms. The predicted octanol–water partition coefficient (Wildman–Crippen LogP) is 4.00. The third-order valence-corrected chi connectivity index (χ3v) is 2.92. The molecule has 0 aliphatic rings. The van der Waals surface area contributed by atoms with Crippen molar-refractivity contribution in [1.29, 1.82) is 0 Å². The molecule has 17 heavy (non-hydrogen) atoms. The minimum absolute atomic E-state index is 0.685. The smallest absolute Gasteiger partial charge is 0.0466 e. The normalized spacial score (nSPS) is 13.2. The van der Waals surface area contributed by atoms with Crippen LogP contribution in [0.3, 0.4) is 0 Å². The molecule has 0 aromatic rings. The van der Waals surface area contributed by atoms with Crippen molar-refractivity contribution in [2.45, 2.75) is 72.3 Å². The summed E-state index contributed by atoms with van der Waals surface area (Å²) in [5, 5.41) is 3.65. The third-order valence-electron chi connectivity index (χ3n) is 2.92. The summed E-state index contributed by atoms with van der Waals surface area (Å²) >= 11 is 0. The van der Waals surface area contributed by atoms with Crippen molar-refractivity contribution in [1.82, 2.24) is 5.32 Å². The lowest BCUT2D eigenvalue weighted by Crippen LogP contribution is -2.31. The van der Waals surface area contributed by atoms with Gasteiger partial charge in [-0.2, -0.15) is 0 Å². The summed E-state index contributed by atoms with van der Waals surface area (Å²) in [6, 6.07) is 0.685. The molecule has 0 heterocycles. The molecule has 0 aromatic carbocycles. The Kier molecular flexibility index (Phi) is 12.3. The van der Waals surface area contributed by atoms with Crippen LogP contribution in [0.2, 0.25) is 0 Å². The lowest BCUT2D eigenvalue weighted by atomic mass is 10.00. The minimum Gasteiger partial charge on any atom is -0.381 e. The molecule has 104 valence electrons. The van der Waals surface area contributed by atoms with Crippen LogP contribution in [-0.4, -0.2) is 25.8 Å². The van der Waals surface area contributed by atoms with Gasteiger partial charge in [-0.15, -0.1) is 0 Å². The molecule has 2 nitrogen and oxygen atoms in total. The van der Waals surface area contributed by atoms with Crippen molar-refractivity contribution in [3.8, 4) is 0 Å². The van der Waals surface area contributed by atoms with E-state index in [1.807, 2.05) is 0 Å². The van der Waals surface area contributed by atoms with Crippen LogP contribution < -0.4 is 5.32 Å². The molecule has 0 spiro atoms. The summed E-state index contributed by atoms with van der Waals surface area (Å²) in [6.07, 6.45) is 7.39. The largest absolute Gasteiger partial charge is 0.381 e. The van der Waals surface area contributed by atoms with Crippen LogP contribution in [-0.2, 0) is 4.74 Å². The van der Waals surface area contributed by atoms with Gasteiger partial charge in [-0.25, -0.2) is 0 Å². The summed E-state index contributed by atoms with van der Waals surface area (Å²) in [5.41, 5.74) is 0. The van der Waals surface area contributed by atoms with Crippen molar-refractivity contribution >= 4 is 0 Å². The van der Waals surface area contributed by atoms with Crippen LogP contribution in [0.15, 0.2) is 0 Å². The molecule has 0 aliphatic heterocycles. The highest BCUT2D eigenvalue weighted by Crippen LogP contribution is 2.10. The van der Waals surface area contributed by atoms with Gasteiger partial charge in [0.05, 0.1) is 0 Å². The molecule has 0 radical (unpaired) electrons. The van der Waals surface area contributed by atoms with Gasteiger partial charge < -0.3 is 10.1 Å². The fraction of sp³-hybridized carbons (Fsp3) is 1.00. The zero-order valence-electron chi connectivity index (χ0n) is 12.4. The molecule has 2 heteroatoms. The van der Waals surface area contributed by atoms with E-state index < -0.39 is 0 Å². The number of nitrogens with one attached hydrogen (secondary N) is 1.